The summed E-state index contributed by atoms with van der Waals surface area (Å²) in [6.07, 6.45) is 3.83. The SMILES string of the molecule is C=CCO[C@H](C)C[C@@H](C)OC(=O)c1ccc(C(=O)O[C@@H](C)C[C@H](C)OCC=C)cc1. The highest BCUT2D eigenvalue weighted by Crippen LogP contribution is 2.13. The van der Waals surface area contributed by atoms with Crippen LogP contribution in [0.25, 0.3) is 0 Å². The van der Waals surface area contributed by atoms with Gasteiger partial charge in [0.25, 0.3) is 0 Å². The molecular formula is C24H34O6. The van der Waals surface area contributed by atoms with Crippen molar-refractivity contribution in [3.8, 4) is 0 Å². The maximum absolute atomic E-state index is 12.3. The predicted molar refractivity (Wildman–Crippen MR) is 117 cm³/mol. The zero-order valence-corrected chi connectivity index (χ0v) is 18.5. The van der Waals surface area contributed by atoms with E-state index in [1.165, 1.54) is 0 Å². The molecule has 0 radical (unpaired) electrons. The van der Waals surface area contributed by atoms with Gasteiger partial charge in [-0.2, -0.15) is 0 Å². The molecule has 0 fully saturated rings. The number of ether oxygens (including phenoxy) is 4. The van der Waals surface area contributed by atoms with Crippen LogP contribution in [0.1, 0.15) is 61.3 Å². The standard InChI is InChI=1S/C24H34O6/c1-7-13-27-17(3)15-19(5)29-23(25)21-9-11-22(12-10-21)24(26)30-20(6)16-18(4)28-14-8-2/h7-12,17-20H,1-2,13-16H2,3-6H3/t17-,18+,19-,20+. The molecule has 0 aliphatic heterocycles. The lowest BCUT2D eigenvalue weighted by Gasteiger charge is -2.18. The molecular weight excluding hydrogens is 384 g/mol. The van der Waals surface area contributed by atoms with Crippen LogP contribution in [0.3, 0.4) is 0 Å². The minimum absolute atomic E-state index is 0.0465. The zero-order valence-electron chi connectivity index (χ0n) is 18.5. The summed E-state index contributed by atoms with van der Waals surface area (Å²) in [5.74, 6) is -0.889. The first-order valence-corrected chi connectivity index (χ1v) is 10.2. The van der Waals surface area contributed by atoms with Crippen molar-refractivity contribution in [2.75, 3.05) is 13.2 Å². The van der Waals surface area contributed by atoms with Gasteiger partial charge >= 0.3 is 11.9 Å². The molecule has 30 heavy (non-hydrogen) atoms. The smallest absolute Gasteiger partial charge is 0.338 e. The summed E-state index contributed by atoms with van der Waals surface area (Å²) >= 11 is 0. The Kier molecular flexibility index (Phi) is 11.7. The molecule has 1 aromatic rings. The molecule has 4 atom stereocenters. The molecule has 0 aliphatic rings. The number of carbonyl (C=O) groups excluding carboxylic acids is 2. The van der Waals surface area contributed by atoms with Gasteiger partial charge in [0.2, 0.25) is 0 Å². The average molecular weight is 419 g/mol. The van der Waals surface area contributed by atoms with Crippen LogP contribution in [-0.2, 0) is 18.9 Å². The van der Waals surface area contributed by atoms with Crippen LogP contribution >= 0.6 is 0 Å². The van der Waals surface area contributed by atoms with Crippen LogP contribution in [-0.4, -0.2) is 49.6 Å². The molecule has 6 heteroatoms. The molecule has 1 aromatic carbocycles. The van der Waals surface area contributed by atoms with Crippen molar-refractivity contribution in [3.05, 3.63) is 60.7 Å². The first-order valence-electron chi connectivity index (χ1n) is 10.2. The molecule has 0 bridgehead atoms. The lowest BCUT2D eigenvalue weighted by atomic mass is 10.1. The minimum Gasteiger partial charge on any atom is -0.459 e. The van der Waals surface area contributed by atoms with Crippen LogP contribution < -0.4 is 0 Å². The van der Waals surface area contributed by atoms with Crippen LogP contribution in [0.5, 0.6) is 0 Å². The van der Waals surface area contributed by atoms with E-state index in [1.807, 2.05) is 27.7 Å². The number of hydrogen-bond acceptors (Lipinski definition) is 6. The van der Waals surface area contributed by atoms with Gasteiger partial charge in [0.1, 0.15) is 12.2 Å². The molecule has 0 aromatic heterocycles. The van der Waals surface area contributed by atoms with E-state index < -0.39 is 11.9 Å². The van der Waals surface area contributed by atoms with Gasteiger partial charge < -0.3 is 18.9 Å². The van der Waals surface area contributed by atoms with E-state index in [9.17, 15) is 9.59 Å². The van der Waals surface area contributed by atoms with E-state index in [4.69, 9.17) is 18.9 Å². The third kappa shape index (κ3) is 9.85. The van der Waals surface area contributed by atoms with Crippen molar-refractivity contribution < 1.29 is 28.5 Å². The fraction of sp³-hybridized carbons (Fsp3) is 0.500. The molecule has 0 spiro atoms. The van der Waals surface area contributed by atoms with Crippen LogP contribution in [0.2, 0.25) is 0 Å². The highest BCUT2D eigenvalue weighted by atomic mass is 16.6. The largest absolute Gasteiger partial charge is 0.459 e. The summed E-state index contributed by atoms with van der Waals surface area (Å²) in [6, 6.07) is 6.24. The third-order valence-electron chi connectivity index (χ3n) is 4.30. The second-order valence-corrected chi connectivity index (χ2v) is 7.35. The van der Waals surface area contributed by atoms with Gasteiger partial charge in [-0.3, -0.25) is 0 Å². The molecule has 0 N–H and O–H groups in total. The number of carbonyl (C=O) groups is 2. The van der Waals surface area contributed by atoms with Crippen LogP contribution in [0.15, 0.2) is 49.6 Å². The van der Waals surface area contributed by atoms with E-state index in [0.29, 0.717) is 37.2 Å². The number of hydrogen-bond donors (Lipinski definition) is 0. The topological polar surface area (TPSA) is 71.1 Å². The second kappa shape index (κ2) is 13.7. The van der Waals surface area contributed by atoms with Crippen molar-refractivity contribution in [1.29, 1.82) is 0 Å². The van der Waals surface area contributed by atoms with Crippen LogP contribution in [0, 0.1) is 0 Å². The van der Waals surface area contributed by atoms with Gasteiger partial charge in [-0.05, 0) is 52.0 Å². The number of benzene rings is 1. The van der Waals surface area contributed by atoms with Crippen molar-refractivity contribution in [2.24, 2.45) is 0 Å². The number of esters is 2. The molecule has 1 rings (SSSR count). The Labute approximate surface area is 179 Å². The molecule has 0 unspecified atom stereocenters. The monoisotopic (exact) mass is 418 g/mol. The lowest BCUT2D eigenvalue weighted by molar-refractivity contribution is 0.00804. The summed E-state index contributed by atoms with van der Waals surface area (Å²) in [7, 11) is 0. The Morgan fingerprint density at radius 1 is 0.733 bits per heavy atom. The highest BCUT2D eigenvalue weighted by molar-refractivity contribution is 5.93. The minimum atomic E-state index is -0.445. The van der Waals surface area contributed by atoms with Gasteiger partial charge in [0, 0.05) is 12.8 Å². The molecule has 0 saturated heterocycles. The lowest BCUT2D eigenvalue weighted by Crippen LogP contribution is -2.22. The fourth-order valence-corrected chi connectivity index (χ4v) is 2.88. The van der Waals surface area contributed by atoms with Gasteiger partial charge in [-0.15, -0.1) is 13.2 Å². The highest BCUT2D eigenvalue weighted by Gasteiger charge is 2.18. The summed E-state index contributed by atoms with van der Waals surface area (Å²) in [4.78, 5) is 24.6. The van der Waals surface area contributed by atoms with Gasteiger partial charge in [0.05, 0.1) is 36.5 Å². The Morgan fingerprint density at radius 2 is 1.07 bits per heavy atom. The summed E-state index contributed by atoms with van der Waals surface area (Å²) in [5.41, 5.74) is 0.745. The van der Waals surface area contributed by atoms with Gasteiger partial charge in [0.15, 0.2) is 0 Å². The Balaban J connectivity index is 2.52. The number of rotatable bonds is 14. The quantitative estimate of drug-likeness (QED) is 0.321. The van der Waals surface area contributed by atoms with E-state index in [1.54, 1.807) is 36.4 Å². The second-order valence-electron chi connectivity index (χ2n) is 7.35. The Hall–Kier alpha value is -2.44. The van der Waals surface area contributed by atoms with E-state index in [0.717, 1.165) is 0 Å². The van der Waals surface area contributed by atoms with Gasteiger partial charge in [-0.25, -0.2) is 9.59 Å². The molecule has 6 nitrogen and oxygen atoms in total. The molecule has 0 amide bonds. The zero-order chi connectivity index (χ0) is 22.5. The van der Waals surface area contributed by atoms with E-state index >= 15 is 0 Å². The maximum Gasteiger partial charge on any atom is 0.338 e. The maximum atomic E-state index is 12.3. The Bertz CT molecular complexity index is 622. The molecule has 166 valence electrons. The van der Waals surface area contributed by atoms with E-state index in [-0.39, 0.29) is 24.4 Å². The first-order chi connectivity index (χ1) is 14.3. The third-order valence-corrected chi connectivity index (χ3v) is 4.30. The van der Waals surface area contributed by atoms with Crippen LogP contribution in [0.4, 0.5) is 0 Å². The molecule has 0 saturated carbocycles. The predicted octanol–water partition coefficient (Wildman–Crippen LogP) is 4.74. The normalized spacial score (nSPS) is 14.8. The van der Waals surface area contributed by atoms with Crippen molar-refractivity contribution >= 4 is 11.9 Å². The summed E-state index contributed by atoms with van der Waals surface area (Å²) < 4.78 is 21.9. The molecule has 0 heterocycles. The van der Waals surface area contributed by atoms with Crippen molar-refractivity contribution in [3.63, 3.8) is 0 Å². The van der Waals surface area contributed by atoms with Gasteiger partial charge in [-0.1, -0.05) is 12.2 Å². The fourth-order valence-electron chi connectivity index (χ4n) is 2.88. The summed E-state index contributed by atoms with van der Waals surface area (Å²) in [5, 5.41) is 0. The van der Waals surface area contributed by atoms with Crippen molar-refractivity contribution in [2.45, 2.75) is 65.0 Å². The average Bonchev–Trinajstić information content (AvgIpc) is 2.70. The summed E-state index contributed by atoms with van der Waals surface area (Å²) in [6.45, 7) is 15.6. The Morgan fingerprint density at radius 3 is 1.37 bits per heavy atom. The van der Waals surface area contributed by atoms with E-state index in [2.05, 4.69) is 13.2 Å². The molecule has 0 aliphatic carbocycles. The first kappa shape index (κ1) is 25.6. The van der Waals surface area contributed by atoms with Crippen molar-refractivity contribution in [1.82, 2.24) is 0 Å².